The molecule has 7 heteroatoms. The summed E-state index contributed by atoms with van der Waals surface area (Å²) in [7, 11) is 0. The van der Waals surface area contributed by atoms with E-state index in [0.29, 0.717) is 21.8 Å². The van der Waals surface area contributed by atoms with E-state index in [1.165, 1.54) is 10.9 Å². The van der Waals surface area contributed by atoms with Crippen LogP contribution < -0.4 is 10.9 Å². The predicted octanol–water partition coefficient (Wildman–Crippen LogP) is 4.47. The van der Waals surface area contributed by atoms with Crippen molar-refractivity contribution < 1.29 is 4.79 Å². The molecule has 1 aromatic heterocycles. The third-order valence-electron chi connectivity index (χ3n) is 5.00. The first kappa shape index (κ1) is 19.2. The van der Waals surface area contributed by atoms with Gasteiger partial charge in [0.25, 0.3) is 5.56 Å². The Labute approximate surface area is 175 Å². The van der Waals surface area contributed by atoms with Crippen LogP contribution in [-0.2, 0) is 11.3 Å². The summed E-state index contributed by atoms with van der Waals surface area (Å²) in [5.41, 5.74) is 1.57. The number of nitrogens with zero attached hydrogens (tertiary/aromatic N) is 2. The molecule has 0 bridgehead atoms. The molecule has 0 spiro atoms. The molecule has 1 fully saturated rings. The van der Waals surface area contributed by atoms with Crippen LogP contribution >= 0.6 is 27.5 Å². The van der Waals surface area contributed by atoms with E-state index in [1.807, 2.05) is 30.3 Å². The monoisotopic (exact) mass is 459 g/mol. The van der Waals surface area contributed by atoms with Gasteiger partial charge in [-0.05, 0) is 54.7 Å². The van der Waals surface area contributed by atoms with Crippen molar-refractivity contribution in [2.24, 2.45) is 5.92 Å². The van der Waals surface area contributed by atoms with Crippen LogP contribution in [0.3, 0.4) is 0 Å². The average molecular weight is 461 g/mol. The lowest BCUT2D eigenvalue weighted by Crippen LogP contribution is -2.31. The van der Waals surface area contributed by atoms with Crippen molar-refractivity contribution in [3.63, 3.8) is 0 Å². The minimum atomic E-state index is -0.143. The van der Waals surface area contributed by atoms with Crippen molar-refractivity contribution in [2.45, 2.75) is 31.8 Å². The quantitative estimate of drug-likeness (QED) is 0.590. The molecule has 1 aliphatic carbocycles. The van der Waals surface area contributed by atoms with Gasteiger partial charge in [0.15, 0.2) is 0 Å². The van der Waals surface area contributed by atoms with Gasteiger partial charge in [-0.1, -0.05) is 39.7 Å². The number of amides is 1. The molecule has 1 N–H and O–H groups in total. The predicted molar refractivity (Wildman–Crippen MR) is 113 cm³/mol. The summed E-state index contributed by atoms with van der Waals surface area (Å²) in [4.78, 5) is 29.5. The van der Waals surface area contributed by atoms with Crippen LogP contribution in [-0.4, -0.2) is 15.5 Å². The third-order valence-corrected chi connectivity index (χ3v) is 5.75. The number of nitrogens with one attached hydrogen (secondary N) is 1. The molecule has 1 saturated carbocycles. The second-order valence-electron chi connectivity index (χ2n) is 7.09. The Morgan fingerprint density at radius 1 is 1.25 bits per heavy atom. The van der Waals surface area contributed by atoms with Gasteiger partial charge in [-0.15, -0.1) is 0 Å². The van der Waals surface area contributed by atoms with Crippen LogP contribution in [0.5, 0.6) is 0 Å². The fourth-order valence-corrected chi connectivity index (χ4v) is 3.82. The summed E-state index contributed by atoms with van der Waals surface area (Å²) >= 11 is 9.35. The molecule has 144 valence electrons. The highest BCUT2D eigenvalue weighted by atomic mass is 79.9. The first-order chi connectivity index (χ1) is 13.5. The largest absolute Gasteiger partial charge is 0.349 e. The Morgan fingerprint density at radius 3 is 2.71 bits per heavy atom. The zero-order chi connectivity index (χ0) is 19.7. The Bertz CT molecular complexity index is 1080. The maximum absolute atomic E-state index is 12.6. The van der Waals surface area contributed by atoms with Crippen molar-refractivity contribution >= 4 is 44.3 Å². The molecule has 5 nitrogen and oxygen atoms in total. The summed E-state index contributed by atoms with van der Waals surface area (Å²) in [6.07, 6.45) is 3.94. The number of aromatic nitrogens is 2. The lowest BCUT2D eigenvalue weighted by atomic mass is 10.0. The van der Waals surface area contributed by atoms with Crippen molar-refractivity contribution in [3.05, 3.63) is 74.2 Å². The normalized spacial score (nSPS) is 14.8. The number of rotatable bonds is 6. The van der Waals surface area contributed by atoms with E-state index in [9.17, 15) is 9.59 Å². The first-order valence-corrected chi connectivity index (χ1v) is 10.4. The van der Waals surface area contributed by atoms with E-state index in [1.54, 1.807) is 12.1 Å². The molecule has 1 amide bonds. The van der Waals surface area contributed by atoms with Gasteiger partial charge >= 0.3 is 0 Å². The summed E-state index contributed by atoms with van der Waals surface area (Å²) in [5, 5.41) is 4.34. The Balaban J connectivity index is 1.45. The average Bonchev–Trinajstić information content (AvgIpc) is 3.52. The van der Waals surface area contributed by atoms with Crippen LogP contribution in [0.4, 0.5) is 0 Å². The van der Waals surface area contributed by atoms with Crippen molar-refractivity contribution in [1.29, 1.82) is 0 Å². The van der Waals surface area contributed by atoms with Gasteiger partial charge in [0.05, 0.1) is 23.3 Å². The highest BCUT2D eigenvalue weighted by Crippen LogP contribution is 2.41. The minimum Gasteiger partial charge on any atom is -0.349 e. The molecule has 0 aliphatic heterocycles. The molecule has 0 saturated heterocycles. The highest BCUT2D eigenvalue weighted by Gasteiger charge is 2.33. The molecule has 2 aromatic carbocycles. The van der Waals surface area contributed by atoms with Crippen LogP contribution in [0.1, 0.15) is 30.9 Å². The van der Waals surface area contributed by atoms with Crippen LogP contribution in [0, 0.1) is 5.92 Å². The second kappa shape index (κ2) is 8.05. The molecule has 1 heterocycles. The summed E-state index contributed by atoms with van der Waals surface area (Å²) < 4.78 is 2.31. The molecular weight excluding hydrogens is 442 g/mol. The van der Waals surface area contributed by atoms with Gasteiger partial charge in [0.2, 0.25) is 5.91 Å². The number of halogens is 2. The Hall–Kier alpha value is -2.18. The molecule has 0 radical (unpaired) electrons. The van der Waals surface area contributed by atoms with Gasteiger partial charge in [-0.3, -0.25) is 14.2 Å². The van der Waals surface area contributed by atoms with Crippen LogP contribution in [0.25, 0.3) is 10.9 Å². The van der Waals surface area contributed by atoms with E-state index in [-0.39, 0.29) is 30.5 Å². The zero-order valence-corrected chi connectivity index (χ0v) is 17.4. The topological polar surface area (TPSA) is 64.0 Å². The van der Waals surface area contributed by atoms with Crippen LogP contribution in [0.2, 0.25) is 5.02 Å². The van der Waals surface area contributed by atoms with E-state index < -0.39 is 0 Å². The van der Waals surface area contributed by atoms with E-state index in [0.717, 1.165) is 22.9 Å². The maximum Gasteiger partial charge on any atom is 0.261 e. The number of fused-ring (bicyclic) bond motifs is 1. The first-order valence-electron chi connectivity index (χ1n) is 9.21. The number of carbonyl (C=O) groups is 1. The van der Waals surface area contributed by atoms with Crippen molar-refractivity contribution in [2.75, 3.05) is 0 Å². The molecule has 4 rings (SSSR count). The third kappa shape index (κ3) is 4.28. The van der Waals surface area contributed by atoms with Crippen LogP contribution in [0.15, 0.2) is 58.1 Å². The smallest absolute Gasteiger partial charge is 0.261 e. The SMILES string of the molecule is O=C(CCn1cnc2ccc(Br)cc2c1=O)NC(c1ccc(Cl)cc1)C1CC1. The van der Waals surface area contributed by atoms with E-state index in [4.69, 9.17) is 11.6 Å². The fraction of sp³-hybridized carbons (Fsp3) is 0.286. The molecule has 28 heavy (non-hydrogen) atoms. The lowest BCUT2D eigenvalue weighted by Gasteiger charge is -2.19. The second-order valence-corrected chi connectivity index (χ2v) is 8.44. The molecule has 3 aromatic rings. The molecule has 1 atom stereocenters. The van der Waals surface area contributed by atoms with Crippen molar-refractivity contribution in [1.82, 2.24) is 14.9 Å². The van der Waals surface area contributed by atoms with Gasteiger partial charge in [0.1, 0.15) is 0 Å². The van der Waals surface area contributed by atoms with Gasteiger partial charge in [0, 0.05) is 22.5 Å². The van der Waals surface area contributed by atoms with Gasteiger partial charge in [-0.2, -0.15) is 0 Å². The lowest BCUT2D eigenvalue weighted by molar-refractivity contribution is -0.122. The molecular formula is C21H19BrClN3O2. The fourth-order valence-electron chi connectivity index (χ4n) is 3.33. The molecule has 1 aliphatic rings. The maximum atomic E-state index is 12.6. The standard InChI is InChI=1S/C21H19BrClN3O2/c22-15-5-8-18-17(11-15)21(28)26(12-24-18)10-9-19(27)25-20(13-1-2-13)14-3-6-16(23)7-4-14/h3-8,11-13,20H,1-2,9-10H2,(H,25,27). The van der Waals surface area contributed by atoms with Gasteiger partial charge in [-0.25, -0.2) is 4.98 Å². The summed E-state index contributed by atoms with van der Waals surface area (Å²) in [6.45, 7) is 0.290. The highest BCUT2D eigenvalue weighted by molar-refractivity contribution is 9.10. The number of hydrogen-bond acceptors (Lipinski definition) is 3. The van der Waals surface area contributed by atoms with E-state index in [2.05, 4.69) is 26.2 Å². The number of carbonyl (C=O) groups excluding carboxylic acids is 1. The summed E-state index contributed by atoms with van der Waals surface area (Å²) in [5.74, 6) is 0.389. The zero-order valence-electron chi connectivity index (χ0n) is 15.1. The number of aryl methyl sites for hydroxylation is 1. The Morgan fingerprint density at radius 2 is 2.00 bits per heavy atom. The van der Waals surface area contributed by atoms with E-state index >= 15 is 0 Å². The summed E-state index contributed by atoms with van der Waals surface area (Å²) in [6, 6.07) is 13.0. The van der Waals surface area contributed by atoms with Crippen molar-refractivity contribution in [3.8, 4) is 0 Å². The van der Waals surface area contributed by atoms with Gasteiger partial charge < -0.3 is 5.32 Å². The number of benzene rings is 2. The molecule has 1 unspecified atom stereocenters. The minimum absolute atomic E-state index is 0.00725. The Kier molecular flexibility index (Phi) is 5.51. The number of hydrogen-bond donors (Lipinski definition) is 1.